The lowest BCUT2D eigenvalue weighted by Crippen LogP contribution is -1.87. The predicted molar refractivity (Wildman–Crippen MR) is 39.0 cm³/mol. The standard InChI is InChI=1S/C8H13O/c1-7(2)5-4-6-8(3)9/h5H,3-4,6H2,1-2H3. The van der Waals surface area contributed by atoms with Crippen LogP contribution < -0.4 is 0 Å². The quantitative estimate of drug-likeness (QED) is 0.528. The van der Waals surface area contributed by atoms with Gasteiger partial charge in [-0.15, -0.1) is 0 Å². The van der Waals surface area contributed by atoms with Crippen molar-refractivity contribution in [2.75, 3.05) is 0 Å². The first-order chi connectivity index (χ1) is 4.13. The molecule has 1 heteroatoms. The number of hydrogen-bond acceptors (Lipinski definition) is 1. The Labute approximate surface area is 56.8 Å². The molecule has 1 radical (unpaired) electrons. The van der Waals surface area contributed by atoms with Gasteiger partial charge in [0, 0.05) is 13.3 Å². The highest BCUT2D eigenvalue weighted by molar-refractivity contribution is 5.82. The molecule has 0 saturated heterocycles. The summed E-state index contributed by atoms with van der Waals surface area (Å²) in [6.45, 7) is 7.31. The monoisotopic (exact) mass is 125 g/mol. The fraction of sp³-hybridized carbons (Fsp3) is 0.500. The number of ketones is 1. The molecule has 51 valence electrons. The zero-order valence-electron chi connectivity index (χ0n) is 6.11. The van der Waals surface area contributed by atoms with Gasteiger partial charge in [-0.3, -0.25) is 4.79 Å². The minimum Gasteiger partial charge on any atom is -0.300 e. The summed E-state index contributed by atoms with van der Waals surface area (Å²) >= 11 is 0. The van der Waals surface area contributed by atoms with Crippen LogP contribution in [-0.4, -0.2) is 5.78 Å². The molecule has 0 atom stereocenters. The molecule has 0 aromatic rings. The topological polar surface area (TPSA) is 17.1 Å². The average molecular weight is 125 g/mol. The average Bonchev–Trinajstić information content (AvgIpc) is 1.63. The Morgan fingerprint density at radius 3 is 2.44 bits per heavy atom. The van der Waals surface area contributed by atoms with Gasteiger partial charge in [0.1, 0.15) is 5.78 Å². The maximum atomic E-state index is 10.3. The van der Waals surface area contributed by atoms with Crippen molar-refractivity contribution < 1.29 is 4.79 Å². The van der Waals surface area contributed by atoms with Gasteiger partial charge in [0.25, 0.3) is 0 Å². The molecule has 0 heterocycles. The summed E-state index contributed by atoms with van der Waals surface area (Å²) in [5.74, 6) is 0.0208. The Bertz CT molecular complexity index is 119. The van der Waals surface area contributed by atoms with E-state index in [1.165, 1.54) is 5.57 Å². The lowest BCUT2D eigenvalue weighted by atomic mass is 10.2. The molecule has 1 nitrogen and oxygen atoms in total. The predicted octanol–water partition coefficient (Wildman–Crippen LogP) is 2.14. The molecule has 0 aliphatic carbocycles. The van der Waals surface area contributed by atoms with Crippen LogP contribution in [0.4, 0.5) is 0 Å². The second-order valence-electron chi connectivity index (χ2n) is 2.36. The van der Waals surface area contributed by atoms with Gasteiger partial charge in [-0.1, -0.05) is 11.6 Å². The number of Topliss-reactive ketones (excluding diaryl/α,β-unsaturated/α-hetero) is 1. The second kappa shape index (κ2) is 4.30. The van der Waals surface area contributed by atoms with Gasteiger partial charge in [0.05, 0.1) is 0 Å². The highest BCUT2D eigenvalue weighted by atomic mass is 16.1. The minimum absolute atomic E-state index is 0.0208. The van der Waals surface area contributed by atoms with Crippen LogP contribution in [0, 0.1) is 6.92 Å². The number of rotatable bonds is 3. The van der Waals surface area contributed by atoms with E-state index >= 15 is 0 Å². The van der Waals surface area contributed by atoms with E-state index in [2.05, 4.69) is 6.92 Å². The summed E-state index contributed by atoms with van der Waals surface area (Å²) in [6, 6.07) is 0. The molecule has 0 aliphatic heterocycles. The highest BCUT2D eigenvalue weighted by Crippen LogP contribution is 1.96. The van der Waals surface area contributed by atoms with E-state index in [0.717, 1.165) is 6.42 Å². The van der Waals surface area contributed by atoms with Crippen LogP contribution in [0.2, 0.25) is 0 Å². The van der Waals surface area contributed by atoms with Crippen molar-refractivity contribution in [1.82, 2.24) is 0 Å². The van der Waals surface area contributed by atoms with Gasteiger partial charge < -0.3 is 0 Å². The Kier molecular flexibility index (Phi) is 4.02. The van der Waals surface area contributed by atoms with Gasteiger partial charge in [0.2, 0.25) is 0 Å². The van der Waals surface area contributed by atoms with E-state index < -0.39 is 0 Å². The van der Waals surface area contributed by atoms with Crippen molar-refractivity contribution >= 4 is 5.78 Å². The Morgan fingerprint density at radius 2 is 2.11 bits per heavy atom. The van der Waals surface area contributed by atoms with Gasteiger partial charge in [0.15, 0.2) is 0 Å². The van der Waals surface area contributed by atoms with Gasteiger partial charge in [-0.2, -0.15) is 0 Å². The van der Waals surface area contributed by atoms with Crippen LogP contribution in [0.3, 0.4) is 0 Å². The summed E-state index contributed by atoms with van der Waals surface area (Å²) in [7, 11) is 0. The van der Waals surface area contributed by atoms with Crippen molar-refractivity contribution in [1.29, 1.82) is 0 Å². The lowest BCUT2D eigenvalue weighted by molar-refractivity contribution is -0.114. The van der Waals surface area contributed by atoms with Crippen molar-refractivity contribution in [3.8, 4) is 0 Å². The molecule has 0 rings (SSSR count). The minimum atomic E-state index is 0.0208. The Hall–Kier alpha value is -0.590. The Morgan fingerprint density at radius 1 is 1.56 bits per heavy atom. The van der Waals surface area contributed by atoms with Crippen LogP contribution in [0.15, 0.2) is 11.6 Å². The number of carbonyl (C=O) groups is 1. The maximum absolute atomic E-state index is 10.3. The molecule has 0 N–H and O–H groups in total. The summed E-state index contributed by atoms with van der Waals surface area (Å²) in [5.41, 5.74) is 1.26. The van der Waals surface area contributed by atoms with Crippen molar-refractivity contribution in [2.24, 2.45) is 0 Å². The molecular weight excluding hydrogens is 112 g/mol. The van der Waals surface area contributed by atoms with Gasteiger partial charge in [-0.25, -0.2) is 0 Å². The van der Waals surface area contributed by atoms with E-state index in [4.69, 9.17) is 0 Å². The summed E-state index contributed by atoms with van der Waals surface area (Å²) in [4.78, 5) is 10.3. The molecular formula is C8H13O. The van der Waals surface area contributed by atoms with Crippen LogP contribution in [-0.2, 0) is 4.79 Å². The number of hydrogen-bond donors (Lipinski definition) is 0. The molecule has 0 aliphatic rings. The molecule has 0 unspecified atom stereocenters. The molecule has 0 amide bonds. The van der Waals surface area contributed by atoms with Crippen LogP contribution >= 0.6 is 0 Å². The van der Waals surface area contributed by atoms with Crippen molar-refractivity contribution in [2.45, 2.75) is 26.7 Å². The fourth-order valence-electron chi connectivity index (χ4n) is 0.522. The Balaban J connectivity index is 3.31. The van der Waals surface area contributed by atoms with E-state index in [-0.39, 0.29) is 5.78 Å². The molecule has 0 spiro atoms. The summed E-state index contributed by atoms with van der Waals surface area (Å²) in [5, 5.41) is 0. The van der Waals surface area contributed by atoms with E-state index in [0.29, 0.717) is 6.42 Å². The molecule has 0 saturated carbocycles. The van der Waals surface area contributed by atoms with Crippen LogP contribution in [0.1, 0.15) is 26.7 Å². The SMILES string of the molecule is [CH2]C(=O)CCC=C(C)C. The summed E-state index contributed by atoms with van der Waals surface area (Å²) < 4.78 is 0. The van der Waals surface area contributed by atoms with E-state index in [1.54, 1.807) is 0 Å². The first-order valence-corrected chi connectivity index (χ1v) is 3.11. The normalized spacial score (nSPS) is 8.78. The maximum Gasteiger partial charge on any atom is 0.133 e. The third-order valence-corrected chi connectivity index (χ3v) is 0.976. The first-order valence-electron chi connectivity index (χ1n) is 3.11. The largest absolute Gasteiger partial charge is 0.300 e. The van der Waals surface area contributed by atoms with Crippen molar-refractivity contribution in [3.05, 3.63) is 18.6 Å². The zero-order valence-corrected chi connectivity index (χ0v) is 6.11. The third-order valence-electron chi connectivity index (χ3n) is 0.976. The molecule has 0 aromatic heterocycles. The van der Waals surface area contributed by atoms with E-state index in [9.17, 15) is 4.79 Å². The molecule has 0 aromatic carbocycles. The highest BCUT2D eigenvalue weighted by Gasteiger charge is 1.88. The second-order valence-corrected chi connectivity index (χ2v) is 2.36. The summed E-state index contributed by atoms with van der Waals surface area (Å²) in [6.07, 6.45) is 3.46. The molecule has 9 heavy (non-hydrogen) atoms. The van der Waals surface area contributed by atoms with Crippen molar-refractivity contribution in [3.63, 3.8) is 0 Å². The van der Waals surface area contributed by atoms with Crippen LogP contribution in [0.25, 0.3) is 0 Å². The van der Waals surface area contributed by atoms with Gasteiger partial charge in [-0.05, 0) is 20.3 Å². The lowest BCUT2D eigenvalue weighted by Gasteiger charge is -1.89. The first kappa shape index (κ1) is 8.41. The number of allylic oxidation sites excluding steroid dienone is 2. The molecule has 0 bridgehead atoms. The van der Waals surface area contributed by atoms with Crippen LogP contribution in [0.5, 0.6) is 0 Å². The fourth-order valence-corrected chi connectivity index (χ4v) is 0.522. The zero-order chi connectivity index (χ0) is 7.28. The third kappa shape index (κ3) is 7.41. The molecule has 0 fully saturated rings. The number of carbonyl (C=O) groups excluding carboxylic acids is 1. The van der Waals surface area contributed by atoms with Gasteiger partial charge >= 0.3 is 0 Å². The van der Waals surface area contributed by atoms with E-state index in [1.807, 2.05) is 19.9 Å². The smallest absolute Gasteiger partial charge is 0.133 e.